The lowest BCUT2D eigenvalue weighted by Crippen LogP contribution is -2.37. The number of benzene rings is 1. The molecule has 0 aromatic heterocycles. The van der Waals surface area contributed by atoms with Gasteiger partial charge in [-0.3, -0.25) is 4.79 Å². The maximum absolute atomic E-state index is 12.4. The normalized spacial score (nSPS) is 19.7. The summed E-state index contributed by atoms with van der Waals surface area (Å²) in [6.45, 7) is 1.61. The van der Waals surface area contributed by atoms with Crippen LogP contribution in [-0.2, 0) is 9.63 Å². The molecule has 7 nitrogen and oxygen atoms in total. The van der Waals surface area contributed by atoms with E-state index in [9.17, 15) is 4.79 Å². The third-order valence-corrected chi connectivity index (χ3v) is 4.36. The molecule has 2 aliphatic rings. The summed E-state index contributed by atoms with van der Waals surface area (Å²) in [6, 6.07) is 3.62. The average molecular weight is 334 g/mol. The lowest BCUT2D eigenvalue weighted by molar-refractivity contribution is -0.140. The van der Waals surface area contributed by atoms with E-state index < -0.39 is 6.10 Å². The lowest BCUT2D eigenvalue weighted by atomic mass is 10.0. The van der Waals surface area contributed by atoms with Crippen LogP contribution in [0.25, 0.3) is 0 Å². The van der Waals surface area contributed by atoms with Crippen molar-refractivity contribution in [2.75, 3.05) is 34.4 Å². The Labute approximate surface area is 141 Å². The van der Waals surface area contributed by atoms with E-state index in [0.29, 0.717) is 29.4 Å². The average Bonchev–Trinajstić information content (AvgIpc) is 3.31. The Morgan fingerprint density at radius 3 is 2.29 bits per heavy atom. The van der Waals surface area contributed by atoms with Crippen LogP contribution in [-0.4, -0.2) is 57.0 Å². The molecule has 24 heavy (non-hydrogen) atoms. The fraction of sp³-hybridized carbons (Fsp3) is 0.529. The van der Waals surface area contributed by atoms with Crippen molar-refractivity contribution in [3.63, 3.8) is 0 Å². The number of oxime groups is 1. The topological polar surface area (TPSA) is 69.6 Å². The van der Waals surface area contributed by atoms with E-state index in [-0.39, 0.29) is 5.91 Å². The Balaban J connectivity index is 1.79. The first-order valence-corrected chi connectivity index (χ1v) is 7.99. The van der Waals surface area contributed by atoms with E-state index in [1.54, 1.807) is 21.3 Å². The Kier molecular flexibility index (Phi) is 4.78. The van der Waals surface area contributed by atoms with E-state index in [1.165, 1.54) is 0 Å². The molecule has 2 heterocycles. The van der Waals surface area contributed by atoms with Crippen LogP contribution >= 0.6 is 0 Å². The fourth-order valence-corrected chi connectivity index (χ4v) is 3.07. The number of methoxy groups -OCH3 is 3. The van der Waals surface area contributed by atoms with E-state index in [1.807, 2.05) is 17.0 Å². The second kappa shape index (κ2) is 6.98. The molecule has 7 heteroatoms. The monoisotopic (exact) mass is 334 g/mol. The first-order valence-electron chi connectivity index (χ1n) is 7.99. The van der Waals surface area contributed by atoms with E-state index in [0.717, 1.165) is 31.5 Å². The first-order chi connectivity index (χ1) is 11.7. The predicted molar refractivity (Wildman–Crippen MR) is 87.9 cm³/mol. The van der Waals surface area contributed by atoms with Crippen LogP contribution in [0, 0.1) is 0 Å². The number of carbonyl (C=O) groups excluding carboxylic acids is 1. The van der Waals surface area contributed by atoms with Gasteiger partial charge in [0.05, 0.1) is 27.0 Å². The molecule has 1 aromatic carbocycles. The van der Waals surface area contributed by atoms with E-state index in [2.05, 4.69) is 5.16 Å². The molecular formula is C17H22N2O5. The number of amides is 1. The molecule has 3 rings (SSSR count). The van der Waals surface area contributed by atoms with Crippen LogP contribution in [0.4, 0.5) is 0 Å². The molecular weight excluding hydrogens is 312 g/mol. The zero-order valence-corrected chi connectivity index (χ0v) is 14.2. The third-order valence-electron chi connectivity index (χ3n) is 4.36. The molecule has 0 N–H and O–H groups in total. The lowest BCUT2D eigenvalue weighted by Gasteiger charge is -2.18. The van der Waals surface area contributed by atoms with Crippen LogP contribution in [0.3, 0.4) is 0 Å². The molecule has 1 atom stereocenters. The number of hydrogen-bond acceptors (Lipinski definition) is 6. The molecule has 130 valence electrons. The maximum atomic E-state index is 12.4. The van der Waals surface area contributed by atoms with Crippen molar-refractivity contribution in [2.45, 2.75) is 25.4 Å². The summed E-state index contributed by atoms with van der Waals surface area (Å²) in [5.74, 6) is 1.62. The van der Waals surface area contributed by atoms with Gasteiger partial charge in [-0.25, -0.2) is 0 Å². The molecule has 1 amide bonds. The summed E-state index contributed by atoms with van der Waals surface area (Å²) in [6.07, 6.45) is 2.00. The smallest absolute Gasteiger partial charge is 0.266 e. The quantitative estimate of drug-likeness (QED) is 0.822. The van der Waals surface area contributed by atoms with E-state index >= 15 is 0 Å². The van der Waals surface area contributed by atoms with Crippen molar-refractivity contribution >= 4 is 11.6 Å². The number of likely N-dealkylation sites (tertiary alicyclic amines) is 1. The SMILES string of the molecule is COc1cc(C2=NOC(C(=O)N3CCCC3)C2)cc(OC)c1OC. The highest BCUT2D eigenvalue weighted by Gasteiger charge is 2.34. The van der Waals surface area contributed by atoms with Crippen molar-refractivity contribution in [1.29, 1.82) is 0 Å². The Hall–Kier alpha value is -2.44. The number of carbonyl (C=O) groups is 1. The summed E-state index contributed by atoms with van der Waals surface area (Å²) in [4.78, 5) is 19.7. The molecule has 0 bridgehead atoms. The van der Waals surface area contributed by atoms with Crippen molar-refractivity contribution in [1.82, 2.24) is 4.90 Å². The Bertz CT molecular complexity index is 627. The standard InChI is InChI=1S/C17H22N2O5/c1-21-13-8-11(9-14(22-2)16(13)23-3)12-10-15(24-18-12)17(20)19-6-4-5-7-19/h8-9,15H,4-7,10H2,1-3H3. The minimum atomic E-state index is -0.544. The molecule has 2 aliphatic heterocycles. The van der Waals surface area contributed by atoms with Gasteiger partial charge in [0.2, 0.25) is 11.9 Å². The van der Waals surface area contributed by atoms with Gasteiger partial charge in [-0.2, -0.15) is 0 Å². The van der Waals surface area contributed by atoms with Gasteiger partial charge in [0.1, 0.15) is 0 Å². The highest BCUT2D eigenvalue weighted by molar-refractivity contribution is 6.04. The van der Waals surface area contributed by atoms with Gasteiger partial charge in [-0.05, 0) is 25.0 Å². The van der Waals surface area contributed by atoms with Crippen LogP contribution in [0.2, 0.25) is 0 Å². The van der Waals surface area contributed by atoms with Crippen LogP contribution in [0.1, 0.15) is 24.8 Å². The van der Waals surface area contributed by atoms with Crippen LogP contribution < -0.4 is 14.2 Å². The predicted octanol–water partition coefficient (Wildman–Crippen LogP) is 1.83. The summed E-state index contributed by atoms with van der Waals surface area (Å²) in [5, 5.41) is 4.10. The summed E-state index contributed by atoms with van der Waals surface area (Å²) < 4.78 is 16.0. The number of rotatable bonds is 5. The van der Waals surface area contributed by atoms with Crippen LogP contribution in [0.5, 0.6) is 17.2 Å². The highest BCUT2D eigenvalue weighted by atomic mass is 16.6. The molecule has 1 saturated heterocycles. The fourth-order valence-electron chi connectivity index (χ4n) is 3.07. The first kappa shape index (κ1) is 16.4. The molecule has 1 fully saturated rings. The largest absolute Gasteiger partial charge is 0.493 e. The van der Waals surface area contributed by atoms with Crippen molar-refractivity contribution < 1.29 is 23.8 Å². The van der Waals surface area contributed by atoms with Gasteiger partial charge < -0.3 is 23.9 Å². The minimum absolute atomic E-state index is 0.0127. The van der Waals surface area contributed by atoms with Gasteiger partial charge in [-0.15, -0.1) is 0 Å². The third kappa shape index (κ3) is 2.98. The van der Waals surface area contributed by atoms with Crippen molar-refractivity contribution in [3.05, 3.63) is 17.7 Å². The highest BCUT2D eigenvalue weighted by Crippen LogP contribution is 2.39. The molecule has 1 unspecified atom stereocenters. The Morgan fingerprint density at radius 1 is 1.12 bits per heavy atom. The van der Waals surface area contributed by atoms with E-state index in [4.69, 9.17) is 19.0 Å². The molecule has 0 aliphatic carbocycles. The summed E-state index contributed by atoms with van der Waals surface area (Å²) in [7, 11) is 4.68. The second-order valence-corrected chi connectivity index (χ2v) is 5.78. The van der Waals surface area contributed by atoms with Crippen molar-refractivity contribution in [3.8, 4) is 17.2 Å². The minimum Gasteiger partial charge on any atom is -0.493 e. The zero-order chi connectivity index (χ0) is 17.1. The van der Waals surface area contributed by atoms with Gasteiger partial charge in [-0.1, -0.05) is 5.16 Å². The second-order valence-electron chi connectivity index (χ2n) is 5.78. The number of hydrogen-bond donors (Lipinski definition) is 0. The summed E-state index contributed by atoms with van der Waals surface area (Å²) in [5.41, 5.74) is 1.49. The zero-order valence-electron chi connectivity index (χ0n) is 14.2. The van der Waals surface area contributed by atoms with Gasteiger partial charge in [0.25, 0.3) is 5.91 Å². The van der Waals surface area contributed by atoms with Gasteiger partial charge >= 0.3 is 0 Å². The molecule has 0 saturated carbocycles. The summed E-state index contributed by atoms with van der Waals surface area (Å²) >= 11 is 0. The Morgan fingerprint density at radius 2 is 1.75 bits per heavy atom. The van der Waals surface area contributed by atoms with Gasteiger partial charge in [0.15, 0.2) is 11.5 Å². The maximum Gasteiger partial charge on any atom is 0.266 e. The number of ether oxygens (including phenoxy) is 3. The van der Waals surface area contributed by atoms with Crippen molar-refractivity contribution in [2.24, 2.45) is 5.16 Å². The number of nitrogens with zero attached hydrogens (tertiary/aromatic N) is 2. The van der Waals surface area contributed by atoms with Crippen LogP contribution in [0.15, 0.2) is 17.3 Å². The molecule has 0 radical (unpaired) electrons. The molecule has 1 aromatic rings. The molecule has 0 spiro atoms. The van der Waals surface area contributed by atoms with Gasteiger partial charge in [0, 0.05) is 25.1 Å².